The summed E-state index contributed by atoms with van der Waals surface area (Å²) in [6.07, 6.45) is 0. The Balaban J connectivity index is 0.000000291. The molecular weight excluding hydrogens is 436 g/mol. The van der Waals surface area contributed by atoms with Crippen molar-refractivity contribution in [3.63, 3.8) is 0 Å². The molecule has 0 saturated carbocycles. The number of aromatic carboxylic acids is 2. The predicted molar refractivity (Wildman–Crippen MR) is 96.9 cm³/mol. The van der Waals surface area contributed by atoms with Crippen molar-refractivity contribution in [2.45, 2.75) is 9.79 Å². The van der Waals surface area contributed by atoms with E-state index in [1.54, 1.807) is 0 Å². The molecule has 2 aromatic carbocycles. The van der Waals surface area contributed by atoms with Gasteiger partial charge in [-0.25, -0.2) is 9.59 Å². The van der Waals surface area contributed by atoms with E-state index >= 15 is 0 Å². The summed E-state index contributed by atoms with van der Waals surface area (Å²) in [5.41, 5.74) is 9.17. The second kappa shape index (κ2) is 8.31. The highest BCUT2D eigenvalue weighted by atomic mass is 32.2. The third-order valence-corrected chi connectivity index (χ3v) is 4.88. The summed E-state index contributed by atoms with van der Waals surface area (Å²) >= 11 is 0. The monoisotopic (exact) mass is 450 g/mol. The maximum absolute atomic E-state index is 10.7. The molecule has 13 nitrogen and oxygen atoms in total. The van der Waals surface area contributed by atoms with Gasteiger partial charge < -0.3 is 26.8 Å². The molecule has 2 rings (SSSR count). The molecule has 0 aliphatic rings. The maximum atomic E-state index is 10.7. The minimum Gasteiger partial charge on any atom is -0.506 e. The lowest BCUT2D eigenvalue weighted by Crippen LogP contribution is -2.05. The SMILES string of the molecule is Nc1cc(C(=O)O)c(O)c(S(=O)(=O)O)c1.Nc1ccc(S(=O)(=O)O)cc1C(=O)O. The number of nitrogens with two attached hydrogens (primary N) is 2. The van der Waals surface area contributed by atoms with Crippen LogP contribution in [0.4, 0.5) is 11.4 Å². The average molecular weight is 450 g/mol. The van der Waals surface area contributed by atoms with Crippen molar-refractivity contribution in [1.29, 1.82) is 0 Å². The van der Waals surface area contributed by atoms with Gasteiger partial charge in [0.15, 0.2) is 5.75 Å². The van der Waals surface area contributed by atoms with Gasteiger partial charge in [0, 0.05) is 11.4 Å². The molecule has 0 aliphatic carbocycles. The van der Waals surface area contributed by atoms with Crippen molar-refractivity contribution in [3.05, 3.63) is 41.5 Å². The Kier molecular flexibility index (Phi) is 6.78. The van der Waals surface area contributed by atoms with Crippen molar-refractivity contribution in [2.24, 2.45) is 0 Å². The maximum Gasteiger partial charge on any atom is 0.339 e. The molecule has 0 bridgehead atoms. The highest BCUT2D eigenvalue weighted by Crippen LogP contribution is 2.29. The minimum absolute atomic E-state index is 0.0649. The van der Waals surface area contributed by atoms with E-state index in [4.69, 9.17) is 30.8 Å². The number of carbonyl (C=O) groups is 2. The van der Waals surface area contributed by atoms with Gasteiger partial charge in [-0.2, -0.15) is 16.8 Å². The van der Waals surface area contributed by atoms with Gasteiger partial charge in [0.1, 0.15) is 10.5 Å². The number of hydrogen-bond donors (Lipinski definition) is 7. The van der Waals surface area contributed by atoms with Crippen LogP contribution in [0, 0.1) is 0 Å². The summed E-state index contributed by atoms with van der Waals surface area (Å²) in [7, 11) is -9.10. The molecule has 29 heavy (non-hydrogen) atoms. The molecule has 0 amide bonds. The van der Waals surface area contributed by atoms with E-state index in [0.29, 0.717) is 0 Å². The minimum atomic E-state index is -4.71. The lowest BCUT2D eigenvalue weighted by molar-refractivity contribution is 0.0684. The Morgan fingerprint density at radius 2 is 1.31 bits per heavy atom. The molecule has 0 atom stereocenters. The second-order valence-corrected chi connectivity index (χ2v) is 8.04. The van der Waals surface area contributed by atoms with E-state index in [1.807, 2.05) is 0 Å². The topological polar surface area (TPSA) is 256 Å². The fraction of sp³-hybridized carbons (Fsp3) is 0. The first kappa shape index (κ1) is 23.6. The van der Waals surface area contributed by atoms with E-state index in [2.05, 4.69) is 0 Å². The number of aromatic hydroxyl groups is 1. The van der Waals surface area contributed by atoms with Crippen LogP contribution in [-0.4, -0.2) is 53.2 Å². The zero-order valence-electron chi connectivity index (χ0n) is 14.0. The number of phenols is 1. The Hall–Kier alpha value is -3.40. The fourth-order valence-corrected chi connectivity index (χ4v) is 3.02. The predicted octanol–water partition coefficient (Wildman–Crippen LogP) is 0.133. The average Bonchev–Trinajstić information content (AvgIpc) is 2.55. The number of benzene rings is 2. The fourth-order valence-electron chi connectivity index (χ4n) is 1.87. The summed E-state index contributed by atoms with van der Waals surface area (Å²) < 4.78 is 60.0. The van der Waals surface area contributed by atoms with Gasteiger partial charge in [-0.05, 0) is 30.3 Å². The van der Waals surface area contributed by atoms with Crippen molar-refractivity contribution in [3.8, 4) is 5.75 Å². The van der Waals surface area contributed by atoms with Crippen molar-refractivity contribution in [1.82, 2.24) is 0 Å². The number of rotatable bonds is 4. The molecule has 0 aliphatic heterocycles. The Labute approximate surface area is 163 Å². The molecule has 0 heterocycles. The van der Waals surface area contributed by atoms with Gasteiger partial charge in [0.05, 0.1) is 10.5 Å². The molecular formula is C14H14N2O11S2. The molecule has 15 heteroatoms. The smallest absolute Gasteiger partial charge is 0.339 e. The highest BCUT2D eigenvalue weighted by Gasteiger charge is 2.22. The molecule has 0 aromatic heterocycles. The van der Waals surface area contributed by atoms with Gasteiger partial charge in [-0.1, -0.05) is 0 Å². The summed E-state index contributed by atoms with van der Waals surface area (Å²) in [6.45, 7) is 0. The van der Waals surface area contributed by atoms with Crippen LogP contribution in [0.3, 0.4) is 0 Å². The van der Waals surface area contributed by atoms with E-state index in [-0.39, 0.29) is 16.9 Å². The first-order valence-corrected chi connectivity index (χ1v) is 9.87. The van der Waals surface area contributed by atoms with Crippen molar-refractivity contribution >= 4 is 43.5 Å². The molecule has 158 valence electrons. The number of nitrogen functional groups attached to an aromatic ring is 2. The first-order valence-electron chi connectivity index (χ1n) is 6.99. The van der Waals surface area contributed by atoms with Crippen molar-refractivity contribution < 1.29 is 50.8 Å². The summed E-state index contributed by atoms with van der Waals surface area (Å²) in [5, 5.41) is 26.4. The van der Waals surface area contributed by atoms with E-state index in [0.717, 1.165) is 30.3 Å². The first-order chi connectivity index (χ1) is 13.1. The molecule has 0 saturated heterocycles. The van der Waals surface area contributed by atoms with Gasteiger partial charge in [0.25, 0.3) is 20.2 Å². The number of carboxylic acid groups (broad SMARTS) is 2. The van der Waals surface area contributed by atoms with Gasteiger partial charge in [0.2, 0.25) is 0 Å². The van der Waals surface area contributed by atoms with Crippen LogP contribution < -0.4 is 11.5 Å². The van der Waals surface area contributed by atoms with Crippen LogP contribution in [0.25, 0.3) is 0 Å². The largest absolute Gasteiger partial charge is 0.506 e. The van der Waals surface area contributed by atoms with Gasteiger partial charge in [-0.3, -0.25) is 9.11 Å². The molecule has 0 radical (unpaired) electrons. The van der Waals surface area contributed by atoms with Crippen LogP contribution in [0.1, 0.15) is 20.7 Å². The molecule has 9 N–H and O–H groups in total. The van der Waals surface area contributed by atoms with Gasteiger partial charge >= 0.3 is 11.9 Å². The third-order valence-electron chi connectivity index (χ3n) is 3.16. The van der Waals surface area contributed by atoms with E-state index < -0.39 is 53.3 Å². The Morgan fingerprint density at radius 1 is 0.793 bits per heavy atom. The molecule has 0 fully saturated rings. The second-order valence-electron chi connectivity index (χ2n) is 5.22. The van der Waals surface area contributed by atoms with Crippen LogP contribution >= 0.6 is 0 Å². The normalized spacial score (nSPS) is 11.2. The lowest BCUT2D eigenvalue weighted by atomic mass is 10.2. The zero-order chi connectivity index (χ0) is 22.7. The van der Waals surface area contributed by atoms with Gasteiger partial charge in [-0.15, -0.1) is 0 Å². The zero-order valence-corrected chi connectivity index (χ0v) is 15.7. The number of carboxylic acids is 2. The van der Waals surface area contributed by atoms with E-state index in [9.17, 15) is 31.5 Å². The molecule has 0 spiro atoms. The summed E-state index contributed by atoms with van der Waals surface area (Å²) in [4.78, 5) is 19.7. The van der Waals surface area contributed by atoms with Crippen LogP contribution in [0.15, 0.2) is 40.1 Å². The van der Waals surface area contributed by atoms with Crippen LogP contribution in [0.2, 0.25) is 0 Å². The number of hydrogen-bond acceptors (Lipinski definition) is 9. The molecule has 2 aromatic rings. The van der Waals surface area contributed by atoms with Crippen LogP contribution in [-0.2, 0) is 20.2 Å². The van der Waals surface area contributed by atoms with Crippen molar-refractivity contribution in [2.75, 3.05) is 11.5 Å². The summed E-state index contributed by atoms with van der Waals surface area (Å²) in [6, 6.07) is 4.57. The Morgan fingerprint density at radius 3 is 1.72 bits per heavy atom. The van der Waals surface area contributed by atoms with E-state index in [1.165, 1.54) is 0 Å². The number of anilines is 2. The lowest BCUT2D eigenvalue weighted by Gasteiger charge is -2.05. The highest BCUT2D eigenvalue weighted by molar-refractivity contribution is 7.86. The quantitative estimate of drug-likeness (QED) is 0.186. The van der Waals surface area contributed by atoms with Crippen LogP contribution in [0.5, 0.6) is 5.75 Å². The summed E-state index contributed by atoms with van der Waals surface area (Å²) in [5.74, 6) is -3.95. The Bertz CT molecular complexity index is 1190. The molecule has 0 unspecified atom stereocenters. The standard InChI is InChI=1S/C7H7NO6S.C7H7NO5S/c8-3-1-4(7(10)11)6(9)5(2-3)15(12,13)14;8-6-2-1-4(14(11,12)13)3-5(6)7(9)10/h1-2,9H,8H2,(H,10,11)(H,12,13,14);1-3H,8H2,(H,9,10)(H,11,12,13). The third kappa shape index (κ3) is 6.04.